The van der Waals surface area contributed by atoms with E-state index in [1.54, 1.807) is 7.11 Å². The highest BCUT2D eigenvalue weighted by Crippen LogP contribution is 2.33. The SMILES string of the molecule is COc1cc(C)c(N(C)C(CO)CO)cc1C(C)C. The van der Waals surface area contributed by atoms with Gasteiger partial charge in [-0.05, 0) is 36.1 Å². The van der Waals surface area contributed by atoms with Crippen LogP contribution in [0.25, 0.3) is 0 Å². The van der Waals surface area contributed by atoms with E-state index in [1.165, 1.54) is 0 Å². The third-order valence-corrected chi connectivity index (χ3v) is 3.52. The lowest BCUT2D eigenvalue weighted by atomic mass is 9.98. The van der Waals surface area contributed by atoms with Crippen LogP contribution >= 0.6 is 0 Å². The number of nitrogens with zero attached hydrogens (tertiary/aromatic N) is 1. The molecule has 0 atom stereocenters. The van der Waals surface area contributed by atoms with Gasteiger partial charge < -0.3 is 19.8 Å². The Morgan fingerprint density at radius 3 is 2.21 bits per heavy atom. The first-order valence-corrected chi connectivity index (χ1v) is 6.59. The van der Waals surface area contributed by atoms with Crippen LogP contribution in [0.15, 0.2) is 12.1 Å². The zero-order chi connectivity index (χ0) is 14.6. The zero-order valence-electron chi connectivity index (χ0n) is 12.5. The standard InChI is InChI=1S/C15H25NO3/c1-10(2)13-7-14(11(3)6-15(13)19-5)16(4)12(8-17)9-18/h6-7,10,12,17-18H,8-9H2,1-5H3. The molecule has 0 aromatic heterocycles. The van der Waals surface area contributed by atoms with Crippen LogP contribution in [0.4, 0.5) is 5.69 Å². The average Bonchev–Trinajstić information content (AvgIpc) is 2.39. The van der Waals surface area contributed by atoms with Crippen molar-refractivity contribution < 1.29 is 14.9 Å². The summed E-state index contributed by atoms with van der Waals surface area (Å²) < 4.78 is 5.42. The lowest BCUT2D eigenvalue weighted by Crippen LogP contribution is -2.38. The molecular weight excluding hydrogens is 242 g/mol. The van der Waals surface area contributed by atoms with Gasteiger partial charge in [0.1, 0.15) is 5.75 Å². The van der Waals surface area contributed by atoms with Crippen molar-refractivity contribution in [3.05, 3.63) is 23.3 Å². The molecule has 0 spiro atoms. The Morgan fingerprint density at radius 2 is 1.79 bits per heavy atom. The first-order chi connectivity index (χ1) is 8.96. The van der Waals surface area contributed by atoms with Gasteiger partial charge in [0.15, 0.2) is 0 Å². The molecule has 1 rings (SSSR count). The fourth-order valence-corrected chi connectivity index (χ4v) is 2.19. The summed E-state index contributed by atoms with van der Waals surface area (Å²) in [6, 6.07) is 3.80. The van der Waals surface area contributed by atoms with Crippen LogP contribution in [0.5, 0.6) is 5.75 Å². The lowest BCUT2D eigenvalue weighted by Gasteiger charge is -2.29. The van der Waals surface area contributed by atoms with Gasteiger partial charge in [0.05, 0.1) is 26.4 Å². The maximum Gasteiger partial charge on any atom is 0.122 e. The highest BCUT2D eigenvalue weighted by Gasteiger charge is 2.18. The molecule has 4 nitrogen and oxygen atoms in total. The number of benzene rings is 1. The van der Waals surface area contributed by atoms with E-state index in [2.05, 4.69) is 19.9 Å². The second kappa shape index (κ2) is 6.78. The summed E-state index contributed by atoms with van der Waals surface area (Å²) in [6.45, 7) is 6.09. The average molecular weight is 267 g/mol. The first-order valence-electron chi connectivity index (χ1n) is 6.59. The summed E-state index contributed by atoms with van der Waals surface area (Å²) in [5, 5.41) is 18.6. The van der Waals surface area contributed by atoms with Crippen molar-refractivity contribution in [1.29, 1.82) is 0 Å². The molecule has 0 amide bonds. The normalized spacial score (nSPS) is 11.2. The minimum Gasteiger partial charge on any atom is -0.496 e. The van der Waals surface area contributed by atoms with Gasteiger partial charge in [0.2, 0.25) is 0 Å². The smallest absolute Gasteiger partial charge is 0.122 e. The summed E-state index contributed by atoms with van der Waals surface area (Å²) >= 11 is 0. The summed E-state index contributed by atoms with van der Waals surface area (Å²) in [5.41, 5.74) is 3.21. The lowest BCUT2D eigenvalue weighted by molar-refractivity contribution is 0.190. The number of aliphatic hydroxyl groups is 2. The van der Waals surface area contributed by atoms with Crippen molar-refractivity contribution in [1.82, 2.24) is 0 Å². The third-order valence-electron chi connectivity index (χ3n) is 3.52. The molecule has 0 fully saturated rings. The summed E-state index contributed by atoms with van der Waals surface area (Å²) in [5.74, 6) is 1.23. The maximum absolute atomic E-state index is 9.30. The molecule has 19 heavy (non-hydrogen) atoms. The topological polar surface area (TPSA) is 52.9 Å². The van der Waals surface area contributed by atoms with Crippen molar-refractivity contribution in [3.63, 3.8) is 0 Å². The van der Waals surface area contributed by atoms with Crippen LogP contribution in [-0.4, -0.2) is 43.6 Å². The molecule has 0 aliphatic carbocycles. The minimum absolute atomic E-state index is 0.0739. The molecule has 4 heteroatoms. The Bertz CT molecular complexity index is 414. The van der Waals surface area contributed by atoms with E-state index in [-0.39, 0.29) is 19.3 Å². The highest BCUT2D eigenvalue weighted by atomic mass is 16.5. The van der Waals surface area contributed by atoms with Crippen LogP contribution in [-0.2, 0) is 0 Å². The van der Waals surface area contributed by atoms with E-state index in [9.17, 15) is 10.2 Å². The highest BCUT2D eigenvalue weighted by molar-refractivity contribution is 5.60. The van der Waals surface area contributed by atoms with Gasteiger partial charge >= 0.3 is 0 Å². The van der Waals surface area contributed by atoms with Crippen molar-refractivity contribution >= 4 is 5.69 Å². The molecule has 0 unspecified atom stereocenters. The number of likely N-dealkylation sites (N-methyl/N-ethyl adjacent to an activating group) is 1. The van der Waals surface area contributed by atoms with Gasteiger partial charge in [-0.3, -0.25) is 0 Å². The number of anilines is 1. The molecule has 0 bridgehead atoms. The number of aliphatic hydroxyl groups excluding tert-OH is 2. The Hall–Kier alpha value is -1.26. The van der Waals surface area contributed by atoms with Gasteiger partial charge in [-0.2, -0.15) is 0 Å². The quantitative estimate of drug-likeness (QED) is 0.827. The van der Waals surface area contributed by atoms with E-state index in [0.717, 1.165) is 22.6 Å². The van der Waals surface area contributed by atoms with Crippen LogP contribution in [0.2, 0.25) is 0 Å². The Morgan fingerprint density at radius 1 is 1.21 bits per heavy atom. The van der Waals surface area contributed by atoms with E-state index < -0.39 is 0 Å². The molecule has 1 aromatic carbocycles. The molecule has 0 heterocycles. The second-order valence-corrected chi connectivity index (χ2v) is 5.17. The predicted molar refractivity (Wildman–Crippen MR) is 78.2 cm³/mol. The summed E-state index contributed by atoms with van der Waals surface area (Å²) in [6.07, 6.45) is 0. The minimum atomic E-state index is -0.285. The molecule has 0 radical (unpaired) electrons. The zero-order valence-corrected chi connectivity index (χ0v) is 12.5. The number of hydrogen-bond acceptors (Lipinski definition) is 4. The molecule has 0 saturated heterocycles. The van der Waals surface area contributed by atoms with E-state index in [4.69, 9.17) is 4.74 Å². The Labute approximate surface area is 115 Å². The molecule has 0 aliphatic heterocycles. The number of aryl methyl sites for hydroxylation is 1. The van der Waals surface area contributed by atoms with Crippen molar-refractivity contribution in [2.75, 3.05) is 32.3 Å². The fourth-order valence-electron chi connectivity index (χ4n) is 2.19. The third kappa shape index (κ3) is 3.39. The van der Waals surface area contributed by atoms with E-state index >= 15 is 0 Å². The number of rotatable bonds is 6. The van der Waals surface area contributed by atoms with E-state index in [0.29, 0.717) is 5.92 Å². The maximum atomic E-state index is 9.30. The molecular formula is C15H25NO3. The van der Waals surface area contributed by atoms with Gasteiger partial charge in [-0.15, -0.1) is 0 Å². The predicted octanol–water partition coefficient (Wildman–Crippen LogP) is 1.92. The van der Waals surface area contributed by atoms with Crippen LogP contribution < -0.4 is 9.64 Å². The monoisotopic (exact) mass is 267 g/mol. The van der Waals surface area contributed by atoms with Crippen molar-refractivity contribution in [2.24, 2.45) is 0 Å². The second-order valence-electron chi connectivity index (χ2n) is 5.17. The van der Waals surface area contributed by atoms with Crippen molar-refractivity contribution in [3.8, 4) is 5.75 Å². The van der Waals surface area contributed by atoms with Crippen molar-refractivity contribution in [2.45, 2.75) is 32.7 Å². The van der Waals surface area contributed by atoms with Gasteiger partial charge in [0.25, 0.3) is 0 Å². The fraction of sp³-hybridized carbons (Fsp3) is 0.600. The molecule has 1 aromatic rings. The van der Waals surface area contributed by atoms with Gasteiger partial charge in [0, 0.05) is 12.7 Å². The van der Waals surface area contributed by atoms with Gasteiger partial charge in [-0.1, -0.05) is 13.8 Å². The number of hydrogen-bond donors (Lipinski definition) is 2. The molecule has 0 aliphatic rings. The Balaban J connectivity index is 3.24. The van der Waals surface area contributed by atoms with Gasteiger partial charge in [-0.25, -0.2) is 0 Å². The summed E-state index contributed by atoms with van der Waals surface area (Å²) in [4.78, 5) is 1.92. The summed E-state index contributed by atoms with van der Waals surface area (Å²) in [7, 11) is 3.56. The van der Waals surface area contributed by atoms with Crippen LogP contribution in [0, 0.1) is 6.92 Å². The number of methoxy groups -OCH3 is 1. The first kappa shape index (κ1) is 15.8. The molecule has 108 valence electrons. The van der Waals surface area contributed by atoms with E-state index in [1.807, 2.05) is 24.9 Å². The Kier molecular flexibility index (Phi) is 5.63. The van der Waals surface area contributed by atoms with Crippen LogP contribution in [0.1, 0.15) is 30.9 Å². The molecule has 0 saturated carbocycles. The largest absolute Gasteiger partial charge is 0.496 e. The number of ether oxygens (including phenoxy) is 1. The molecule has 2 N–H and O–H groups in total. The van der Waals surface area contributed by atoms with Crippen LogP contribution in [0.3, 0.4) is 0 Å².